The number of nitrogens with zero attached hydrogens (tertiary/aromatic N) is 4. The lowest BCUT2D eigenvalue weighted by atomic mass is 9.69. The first-order valence-corrected chi connectivity index (χ1v) is 43.6. The van der Waals surface area contributed by atoms with Gasteiger partial charge in [0.1, 0.15) is 0 Å². The summed E-state index contributed by atoms with van der Waals surface area (Å²) in [4.78, 5) is 32.8. The minimum atomic E-state index is -1.49. The molecule has 0 radical (unpaired) electrons. The Morgan fingerprint density at radius 2 is 0.608 bits per heavy atom. The van der Waals surface area contributed by atoms with Crippen LogP contribution in [-0.4, -0.2) is 47.3 Å². The molecule has 612 valence electrons. The summed E-state index contributed by atoms with van der Waals surface area (Å²) in [6.07, 6.45) is 11.5. The largest absolute Gasteiger partial charge is 0.488 e. The predicted octanol–water partition coefficient (Wildman–Crippen LogP) is 26.9. The SMILES string of the molecule is C=CC(=O)CCCCc1ccc(N2c3ccc(C)cc3C(C)(C)c3cc(-c4ccc5c(c4)C(C)(C)c4cc(C)ccc4N5c4ccc(CCCOC(=O)C=C)cc4)ccc32)cc1.Cc1ccc2c(c1)C(C)(C)c1cc(B(O)O)ccc1N2c1ccc(CCCCl)cc1.Cc1ccc2c(c1)C(C)(C)c1cc(C)ccc1N2c1ccc(CCCCl)cc1. The Bertz CT molecular complexity index is 5560. The zero-order valence-electron chi connectivity index (χ0n) is 72.1. The number of unbranched alkanes of at least 4 members (excludes halogenated alkanes) is 1. The van der Waals surface area contributed by atoms with Crippen molar-refractivity contribution in [3.8, 4) is 11.1 Å². The van der Waals surface area contributed by atoms with Gasteiger partial charge in [-0.15, -0.1) is 23.2 Å². The van der Waals surface area contributed by atoms with E-state index in [0.29, 0.717) is 30.3 Å². The summed E-state index contributed by atoms with van der Waals surface area (Å²) < 4.78 is 5.21. The highest BCUT2D eigenvalue weighted by atomic mass is 35.5. The third-order valence-corrected chi connectivity index (χ3v) is 25.6. The summed E-state index contributed by atoms with van der Waals surface area (Å²) in [5.41, 5.74) is 37.9. The smallest absolute Gasteiger partial charge is 0.463 e. The molecule has 12 heteroatoms. The summed E-state index contributed by atoms with van der Waals surface area (Å²) >= 11 is 11.7. The standard InChI is InChI=1S/C57H58N2O3.C26H28ClN.C25H27BClNO2/c1-9-46(60)16-12-11-14-40-19-25-44(26-20-40)58-51-29-17-38(3)34-47(51)56(5,6)49-36-42(23-31-53(49)58)43-24-32-54-50(37-43)57(7,8)48-35-39(4)18-30-52(48)59(54)45-27-21-41(22-28-45)15-13-33-62-55(61)10-2;1-18-7-13-24-22(16-18)26(3,4)23-17-19(2)8-14-25(23)28(24)21-11-9-20(10-12-21)6-5-15-27;1-17-6-12-23-21(15-17)25(2,3)22-16-19(26(29)30)9-13-24(22)28(23)20-10-7-18(8-11-20)5-4-14-27/h9-10,17-32,34-37H,1-2,11-16,33H2,3-8H3;7-14,16-17H,5-6,15H2,1-4H3;6-13,15-16,29-30H,4-5,14H2,1-3H3. The number of anilines is 12. The van der Waals surface area contributed by atoms with Gasteiger partial charge in [-0.3, -0.25) is 4.79 Å². The van der Waals surface area contributed by atoms with Gasteiger partial charge in [0.25, 0.3) is 0 Å². The highest BCUT2D eigenvalue weighted by molar-refractivity contribution is 6.58. The van der Waals surface area contributed by atoms with Crippen LogP contribution in [0.4, 0.5) is 68.2 Å². The summed E-state index contributed by atoms with van der Waals surface area (Å²) in [5.74, 6) is 1.11. The van der Waals surface area contributed by atoms with Crippen LogP contribution in [0.1, 0.15) is 188 Å². The molecular weight excluding hydrogens is 1510 g/mol. The number of benzene rings is 12. The Hall–Kier alpha value is -11.0. The van der Waals surface area contributed by atoms with Gasteiger partial charge < -0.3 is 34.4 Å². The average molecular weight is 1630 g/mol. The fourth-order valence-electron chi connectivity index (χ4n) is 18.2. The average Bonchev–Trinajstić information content (AvgIpc) is 0.733. The Labute approximate surface area is 722 Å². The predicted molar refractivity (Wildman–Crippen MR) is 506 cm³/mol. The zero-order valence-corrected chi connectivity index (χ0v) is 73.6. The molecule has 0 bridgehead atoms. The summed E-state index contributed by atoms with van der Waals surface area (Å²) in [7, 11) is -1.49. The molecule has 2 N–H and O–H groups in total. The maximum atomic E-state index is 11.7. The van der Waals surface area contributed by atoms with Gasteiger partial charge in [-0.25, -0.2) is 4.79 Å². The highest BCUT2D eigenvalue weighted by Crippen LogP contribution is 2.58. The van der Waals surface area contributed by atoms with E-state index >= 15 is 0 Å². The molecule has 16 rings (SSSR count). The molecule has 4 heterocycles. The van der Waals surface area contributed by atoms with Crippen LogP contribution in [0.3, 0.4) is 0 Å². The van der Waals surface area contributed by atoms with Crippen LogP contribution in [0, 0.1) is 34.6 Å². The molecule has 9 nitrogen and oxygen atoms in total. The van der Waals surface area contributed by atoms with Crippen LogP contribution in [-0.2, 0) is 61.7 Å². The van der Waals surface area contributed by atoms with Crippen LogP contribution in [0.15, 0.2) is 268 Å². The molecule has 0 aliphatic carbocycles. The van der Waals surface area contributed by atoms with E-state index < -0.39 is 7.12 Å². The van der Waals surface area contributed by atoms with Crippen LogP contribution in [0.5, 0.6) is 0 Å². The van der Waals surface area contributed by atoms with Gasteiger partial charge in [0.15, 0.2) is 5.78 Å². The van der Waals surface area contributed by atoms with Crippen molar-refractivity contribution in [2.45, 2.75) is 176 Å². The van der Waals surface area contributed by atoms with E-state index in [9.17, 15) is 19.6 Å². The van der Waals surface area contributed by atoms with E-state index in [1.165, 1.54) is 152 Å². The second-order valence-electron chi connectivity index (χ2n) is 35.2. The van der Waals surface area contributed by atoms with Crippen molar-refractivity contribution in [2.75, 3.05) is 38.0 Å². The van der Waals surface area contributed by atoms with Crippen molar-refractivity contribution in [3.05, 3.63) is 363 Å². The number of halogens is 2. The minimum absolute atomic E-state index is 0.0283. The third-order valence-electron chi connectivity index (χ3n) is 25.1. The van der Waals surface area contributed by atoms with Crippen molar-refractivity contribution < 1.29 is 24.4 Å². The fourth-order valence-corrected chi connectivity index (χ4v) is 18.5. The van der Waals surface area contributed by atoms with Crippen molar-refractivity contribution >= 4 is 116 Å². The van der Waals surface area contributed by atoms with Gasteiger partial charge in [0.05, 0.1) is 52.1 Å². The van der Waals surface area contributed by atoms with Gasteiger partial charge in [-0.05, 0) is 291 Å². The van der Waals surface area contributed by atoms with Crippen LogP contribution >= 0.6 is 23.2 Å². The number of ketones is 1. The van der Waals surface area contributed by atoms with Crippen LogP contribution in [0.2, 0.25) is 0 Å². The van der Waals surface area contributed by atoms with Crippen molar-refractivity contribution in [3.63, 3.8) is 0 Å². The number of allylic oxidation sites excluding steroid dienone is 1. The molecule has 12 aromatic rings. The summed E-state index contributed by atoms with van der Waals surface area (Å²) in [6, 6.07) is 89.1. The Morgan fingerprint density at radius 3 is 0.892 bits per heavy atom. The number of carbonyl (C=O) groups excluding carboxylic acids is 2. The molecule has 0 aromatic heterocycles. The van der Waals surface area contributed by atoms with Crippen LogP contribution in [0.25, 0.3) is 11.1 Å². The molecule has 0 fully saturated rings. The number of hydrogen-bond acceptors (Lipinski definition) is 9. The maximum absolute atomic E-state index is 11.7. The Kier molecular flexibility index (Phi) is 25.5. The molecule has 12 aromatic carbocycles. The molecule has 0 saturated heterocycles. The number of aryl methyl sites for hydroxylation is 9. The lowest BCUT2D eigenvalue weighted by Crippen LogP contribution is -2.35. The second-order valence-corrected chi connectivity index (χ2v) is 35.9. The number of carbonyl (C=O) groups is 2. The van der Waals surface area contributed by atoms with Crippen molar-refractivity contribution in [1.29, 1.82) is 0 Å². The molecule has 0 saturated carbocycles. The van der Waals surface area contributed by atoms with Gasteiger partial charge in [-0.1, -0.05) is 230 Å². The zero-order chi connectivity index (χ0) is 85.1. The quantitative estimate of drug-likeness (QED) is 0.0213. The van der Waals surface area contributed by atoms with Gasteiger partial charge in [0, 0.05) is 68.7 Å². The summed E-state index contributed by atoms with van der Waals surface area (Å²) in [6.45, 7) is 36.8. The maximum Gasteiger partial charge on any atom is 0.488 e. The highest BCUT2D eigenvalue weighted by Gasteiger charge is 2.43. The van der Waals surface area contributed by atoms with E-state index in [4.69, 9.17) is 27.9 Å². The number of hydrogen-bond donors (Lipinski definition) is 2. The molecular formula is C108H113BCl2N4O5. The Balaban J connectivity index is 0.000000168. The third kappa shape index (κ3) is 17.4. The van der Waals surface area contributed by atoms with E-state index in [2.05, 4.69) is 347 Å². The number of fused-ring (bicyclic) bond motifs is 8. The van der Waals surface area contributed by atoms with E-state index in [1.807, 2.05) is 12.1 Å². The van der Waals surface area contributed by atoms with Crippen LogP contribution < -0.4 is 25.1 Å². The molecule has 0 spiro atoms. The van der Waals surface area contributed by atoms with E-state index in [-0.39, 0.29) is 33.4 Å². The monoisotopic (exact) mass is 1630 g/mol. The van der Waals surface area contributed by atoms with Crippen molar-refractivity contribution in [2.24, 2.45) is 0 Å². The molecule has 120 heavy (non-hydrogen) atoms. The van der Waals surface area contributed by atoms with E-state index in [0.717, 1.165) is 91.8 Å². The number of rotatable bonds is 23. The summed E-state index contributed by atoms with van der Waals surface area (Å²) in [5, 5.41) is 19.5. The van der Waals surface area contributed by atoms with Gasteiger partial charge >= 0.3 is 13.1 Å². The van der Waals surface area contributed by atoms with Crippen molar-refractivity contribution in [1.82, 2.24) is 0 Å². The first kappa shape index (κ1) is 85.4. The van der Waals surface area contributed by atoms with Gasteiger partial charge in [-0.2, -0.15) is 0 Å². The fraction of sp³-hybridized carbons (Fsp3) is 0.278. The normalized spacial score (nSPS) is 14.3. The topological polar surface area (TPSA) is 96.8 Å². The number of ether oxygens (including phenoxy) is 1. The minimum Gasteiger partial charge on any atom is -0.463 e. The molecule has 0 amide bonds. The van der Waals surface area contributed by atoms with Gasteiger partial charge in [0.2, 0.25) is 0 Å². The van der Waals surface area contributed by atoms with E-state index in [1.54, 1.807) is 6.07 Å². The molecule has 0 unspecified atom stereocenters. The number of alkyl halides is 2. The second kappa shape index (κ2) is 35.8. The first-order chi connectivity index (χ1) is 57.5. The molecule has 0 atom stereocenters. The lowest BCUT2D eigenvalue weighted by molar-refractivity contribution is -0.137. The molecule has 4 aliphatic rings. The molecule has 4 aliphatic heterocycles. The first-order valence-electron chi connectivity index (χ1n) is 42.5. The Morgan fingerprint density at radius 1 is 0.342 bits per heavy atom. The lowest BCUT2D eigenvalue weighted by Gasteiger charge is -2.43. The number of esters is 1.